The van der Waals surface area contributed by atoms with Crippen LogP contribution in [0.25, 0.3) is 6.08 Å². The first-order valence-electron chi connectivity index (χ1n) is 8.65. The van der Waals surface area contributed by atoms with Crippen LogP contribution in [-0.2, 0) is 19.6 Å². The summed E-state index contributed by atoms with van der Waals surface area (Å²) in [7, 11) is -3.82. The second-order valence-corrected chi connectivity index (χ2v) is 8.63. The maximum absolute atomic E-state index is 13.3. The molecule has 0 atom stereocenters. The molecule has 0 heterocycles. The van der Waals surface area contributed by atoms with E-state index in [4.69, 9.17) is 4.74 Å². The number of nitrogens with zero attached hydrogens (tertiary/aromatic N) is 1. The minimum atomic E-state index is -3.82. The first kappa shape index (κ1) is 21.9. The normalized spacial score (nSPS) is 11.8. The number of sulfonamides is 1. The first-order valence-corrected chi connectivity index (χ1v) is 10.9. The van der Waals surface area contributed by atoms with E-state index in [1.54, 1.807) is 61.5 Å². The van der Waals surface area contributed by atoms with Crippen molar-refractivity contribution in [1.29, 1.82) is 0 Å². The Morgan fingerprint density at radius 1 is 1.18 bits per heavy atom. The summed E-state index contributed by atoms with van der Waals surface area (Å²) in [5.41, 5.74) is 1.96. The number of carbonyl (C=O) groups is 1. The van der Waals surface area contributed by atoms with Gasteiger partial charge in [0.15, 0.2) is 0 Å². The van der Waals surface area contributed by atoms with Crippen LogP contribution in [0.5, 0.6) is 0 Å². The molecule has 0 saturated heterocycles. The molecule has 0 radical (unpaired) electrons. The summed E-state index contributed by atoms with van der Waals surface area (Å²) in [5.74, 6) is -0.519. The molecule has 0 aliphatic heterocycles. The van der Waals surface area contributed by atoms with Gasteiger partial charge in [-0.1, -0.05) is 42.0 Å². The summed E-state index contributed by atoms with van der Waals surface area (Å²) >= 11 is 3.21. The molecule has 0 spiro atoms. The van der Waals surface area contributed by atoms with Crippen molar-refractivity contribution < 1.29 is 17.9 Å². The molecule has 0 aromatic heterocycles. The van der Waals surface area contributed by atoms with Gasteiger partial charge in [-0.2, -0.15) is 0 Å². The minimum absolute atomic E-state index is 0.0814. The lowest BCUT2D eigenvalue weighted by Gasteiger charge is -2.25. The van der Waals surface area contributed by atoms with Crippen LogP contribution in [0.2, 0.25) is 0 Å². The minimum Gasteiger partial charge on any atom is -0.462 e. The summed E-state index contributed by atoms with van der Waals surface area (Å²) in [6.07, 6.45) is 3.07. The zero-order chi connectivity index (χ0) is 20.7. The monoisotopic (exact) mass is 463 g/mol. The van der Waals surface area contributed by atoms with Gasteiger partial charge in [-0.25, -0.2) is 13.2 Å². The van der Waals surface area contributed by atoms with Gasteiger partial charge >= 0.3 is 5.97 Å². The van der Waals surface area contributed by atoms with E-state index in [-0.39, 0.29) is 22.5 Å². The van der Waals surface area contributed by atoms with Gasteiger partial charge in [-0.15, -0.1) is 6.58 Å². The summed E-state index contributed by atoms with van der Waals surface area (Å²) in [4.78, 5) is 12.1. The number of carbonyl (C=O) groups excluding carboxylic acids is 1. The fourth-order valence-electron chi connectivity index (χ4n) is 2.51. The highest BCUT2D eigenvalue weighted by Crippen LogP contribution is 2.29. The summed E-state index contributed by atoms with van der Waals surface area (Å²) in [6, 6.07) is 13.6. The van der Waals surface area contributed by atoms with Crippen LogP contribution in [0.4, 0.5) is 5.69 Å². The smallest absolute Gasteiger partial charge is 0.345 e. The molecule has 28 heavy (non-hydrogen) atoms. The Morgan fingerprint density at radius 2 is 1.82 bits per heavy atom. The summed E-state index contributed by atoms with van der Waals surface area (Å²) in [5, 5.41) is 0. The highest BCUT2D eigenvalue weighted by Gasteiger charge is 2.25. The Bertz CT molecular complexity index is 982. The third-order valence-electron chi connectivity index (χ3n) is 3.86. The van der Waals surface area contributed by atoms with Gasteiger partial charge in [0.2, 0.25) is 0 Å². The lowest BCUT2D eigenvalue weighted by atomic mass is 10.1. The molecule has 7 heteroatoms. The number of hydrogen-bond acceptors (Lipinski definition) is 4. The van der Waals surface area contributed by atoms with Gasteiger partial charge in [0.25, 0.3) is 10.0 Å². The van der Waals surface area contributed by atoms with Crippen LogP contribution in [-0.4, -0.2) is 27.5 Å². The number of esters is 1. The third kappa shape index (κ3) is 5.11. The van der Waals surface area contributed by atoms with Gasteiger partial charge in [0.05, 0.1) is 23.7 Å². The van der Waals surface area contributed by atoms with Gasteiger partial charge in [-0.05, 0) is 54.1 Å². The van der Waals surface area contributed by atoms with Crippen molar-refractivity contribution in [2.75, 3.05) is 17.5 Å². The highest BCUT2D eigenvalue weighted by molar-refractivity contribution is 9.12. The zero-order valence-corrected chi connectivity index (χ0v) is 18.2. The molecule has 0 aliphatic rings. The van der Waals surface area contributed by atoms with E-state index in [0.29, 0.717) is 11.3 Å². The van der Waals surface area contributed by atoms with E-state index in [0.717, 1.165) is 5.56 Å². The lowest BCUT2D eigenvalue weighted by molar-refractivity contribution is -0.137. The number of para-hydroxylation sites is 1. The van der Waals surface area contributed by atoms with E-state index < -0.39 is 16.0 Å². The second kappa shape index (κ2) is 9.71. The van der Waals surface area contributed by atoms with Crippen LogP contribution in [0, 0.1) is 6.92 Å². The number of halogens is 1. The number of aryl methyl sites for hydroxylation is 1. The molecule has 5 nitrogen and oxygen atoms in total. The zero-order valence-electron chi connectivity index (χ0n) is 15.8. The van der Waals surface area contributed by atoms with Gasteiger partial charge in [-0.3, -0.25) is 4.31 Å². The van der Waals surface area contributed by atoms with E-state index in [1.807, 2.05) is 6.92 Å². The topological polar surface area (TPSA) is 63.7 Å². The number of benzene rings is 2. The Balaban J connectivity index is 2.56. The Morgan fingerprint density at radius 3 is 2.43 bits per heavy atom. The van der Waals surface area contributed by atoms with Crippen molar-refractivity contribution in [2.24, 2.45) is 0 Å². The van der Waals surface area contributed by atoms with Crippen molar-refractivity contribution >= 4 is 43.7 Å². The largest absolute Gasteiger partial charge is 0.462 e. The number of hydrogen-bond donors (Lipinski definition) is 0. The molecule has 0 amide bonds. The molecule has 0 bridgehead atoms. The van der Waals surface area contributed by atoms with Crippen LogP contribution >= 0.6 is 15.9 Å². The molecule has 0 unspecified atom stereocenters. The van der Waals surface area contributed by atoms with E-state index in [2.05, 4.69) is 22.5 Å². The predicted octanol–water partition coefficient (Wildman–Crippen LogP) is 4.68. The fourth-order valence-corrected chi connectivity index (χ4v) is 4.34. The van der Waals surface area contributed by atoms with E-state index in [1.165, 1.54) is 10.4 Å². The summed E-state index contributed by atoms with van der Waals surface area (Å²) in [6.45, 7) is 7.62. The third-order valence-corrected chi connectivity index (χ3v) is 6.21. The second-order valence-electron chi connectivity index (χ2n) is 5.91. The first-order chi connectivity index (χ1) is 13.3. The maximum atomic E-state index is 13.3. The molecular formula is C21H22BrNO4S. The molecular weight excluding hydrogens is 442 g/mol. The van der Waals surface area contributed by atoms with Crippen LogP contribution in [0.3, 0.4) is 0 Å². The predicted molar refractivity (Wildman–Crippen MR) is 116 cm³/mol. The Hall–Kier alpha value is -2.38. The van der Waals surface area contributed by atoms with Crippen LogP contribution in [0.15, 0.2) is 70.6 Å². The molecule has 0 aliphatic carbocycles. The average molecular weight is 464 g/mol. The molecule has 2 aromatic rings. The molecule has 148 valence electrons. The Labute approximate surface area is 174 Å². The molecule has 0 saturated carbocycles. The van der Waals surface area contributed by atoms with Gasteiger partial charge < -0.3 is 4.74 Å². The lowest BCUT2D eigenvalue weighted by Crippen LogP contribution is -2.31. The Kier molecular flexibility index (Phi) is 7.60. The highest BCUT2D eigenvalue weighted by atomic mass is 79.9. The standard InChI is InChI=1S/C21H22BrNO4S/c1-4-14-23(28(25,26)18-12-10-16(3)11-13-18)20-9-7-6-8-17(20)15-19(22)21(24)27-5-2/h4,6-13,15H,1,5,14H2,2-3H3/b19-15-. The van der Waals surface area contributed by atoms with Crippen molar-refractivity contribution in [3.05, 3.63) is 76.8 Å². The quantitative estimate of drug-likeness (QED) is 0.324. The van der Waals surface area contributed by atoms with Gasteiger partial charge in [0, 0.05) is 5.56 Å². The van der Waals surface area contributed by atoms with E-state index in [9.17, 15) is 13.2 Å². The van der Waals surface area contributed by atoms with E-state index >= 15 is 0 Å². The number of ether oxygens (including phenoxy) is 1. The fraction of sp³-hybridized carbons (Fsp3) is 0.190. The van der Waals surface area contributed by atoms with Crippen molar-refractivity contribution in [3.63, 3.8) is 0 Å². The molecule has 0 fully saturated rings. The average Bonchev–Trinajstić information content (AvgIpc) is 2.67. The number of anilines is 1. The molecule has 2 aromatic carbocycles. The van der Waals surface area contributed by atoms with Crippen LogP contribution < -0.4 is 4.31 Å². The SMILES string of the molecule is C=CCN(c1ccccc1/C=C(\Br)C(=O)OCC)S(=O)(=O)c1ccc(C)cc1. The molecule has 0 N–H and O–H groups in total. The molecule has 2 rings (SSSR count). The van der Waals surface area contributed by atoms with Crippen molar-refractivity contribution in [2.45, 2.75) is 18.7 Å². The van der Waals surface area contributed by atoms with Gasteiger partial charge in [0.1, 0.15) is 4.48 Å². The maximum Gasteiger partial charge on any atom is 0.345 e. The number of rotatable bonds is 8. The van der Waals surface area contributed by atoms with Crippen molar-refractivity contribution in [3.8, 4) is 0 Å². The van der Waals surface area contributed by atoms with Crippen LogP contribution in [0.1, 0.15) is 18.1 Å². The summed E-state index contributed by atoms with van der Waals surface area (Å²) < 4.78 is 33.0. The van der Waals surface area contributed by atoms with Crippen molar-refractivity contribution in [1.82, 2.24) is 0 Å².